The molecule has 0 unspecified atom stereocenters. The van der Waals surface area contributed by atoms with Crippen LogP contribution >= 0.6 is 0 Å². The minimum atomic E-state index is 0.130. The van der Waals surface area contributed by atoms with Gasteiger partial charge in [0.2, 0.25) is 11.8 Å². The number of aromatic nitrogens is 1. The van der Waals surface area contributed by atoms with Gasteiger partial charge in [-0.2, -0.15) is 0 Å². The summed E-state index contributed by atoms with van der Waals surface area (Å²) in [5.41, 5.74) is 4.47. The van der Waals surface area contributed by atoms with E-state index in [0.29, 0.717) is 5.89 Å². The smallest absolute Gasteiger partial charge is 0.226 e. The summed E-state index contributed by atoms with van der Waals surface area (Å²) in [6, 6.07) is 6.41. The highest BCUT2D eigenvalue weighted by molar-refractivity contribution is 5.78. The molecule has 1 N–H and O–H groups in total. The molecule has 192 valence electrons. The Morgan fingerprint density at radius 2 is 1.69 bits per heavy atom. The normalized spacial score (nSPS) is 22.4. The molecule has 4 rings (SSSR count). The van der Waals surface area contributed by atoms with E-state index in [1.807, 2.05) is 6.92 Å². The summed E-state index contributed by atoms with van der Waals surface area (Å²) in [5, 5.41) is 3.21. The minimum absolute atomic E-state index is 0.130. The maximum atomic E-state index is 12.7. The van der Waals surface area contributed by atoms with E-state index < -0.39 is 0 Å². The Hall–Kier alpha value is -2.18. The fourth-order valence-electron chi connectivity index (χ4n) is 5.99. The van der Waals surface area contributed by atoms with Gasteiger partial charge >= 0.3 is 0 Å². The Kier molecular flexibility index (Phi) is 8.66. The molecule has 0 saturated carbocycles. The van der Waals surface area contributed by atoms with Crippen LogP contribution in [0.25, 0.3) is 11.5 Å². The molecule has 2 aromatic rings. The van der Waals surface area contributed by atoms with Crippen LogP contribution in [0.4, 0.5) is 0 Å². The van der Waals surface area contributed by atoms with Gasteiger partial charge in [-0.1, -0.05) is 31.0 Å². The van der Waals surface area contributed by atoms with Gasteiger partial charge in [0.1, 0.15) is 5.76 Å². The number of aryl methyl sites for hydroxylation is 3. The molecule has 0 aliphatic carbocycles. The van der Waals surface area contributed by atoms with Crippen LogP contribution in [0.2, 0.25) is 0 Å². The van der Waals surface area contributed by atoms with Crippen LogP contribution in [-0.2, 0) is 11.3 Å². The van der Waals surface area contributed by atoms with E-state index in [0.717, 1.165) is 80.8 Å². The fourth-order valence-corrected chi connectivity index (χ4v) is 5.99. The van der Waals surface area contributed by atoms with Gasteiger partial charge in [-0.25, -0.2) is 4.98 Å². The molecular formula is C29H44N4O2. The van der Waals surface area contributed by atoms with Gasteiger partial charge in [-0.3, -0.25) is 9.69 Å². The molecule has 2 saturated heterocycles. The molecule has 1 aromatic carbocycles. The first-order valence-electron chi connectivity index (χ1n) is 13.5. The van der Waals surface area contributed by atoms with Gasteiger partial charge in [-0.15, -0.1) is 0 Å². The van der Waals surface area contributed by atoms with Gasteiger partial charge in [0.25, 0.3) is 0 Å². The Morgan fingerprint density at radius 3 is 2.34 bits per heavy atom. The lowest BCUT2D eigenvalue weighted by molar-refractivity contribution is -0.126. The fraction of sp³-hybridized carbons (Fsp3) is 0.655. The summed E-state index contributed by atoms with van der Waals surface area (Å²) >= 11 is 0. The quantitative estimate of drug-likeness (QED) is 0.541. The van der Waals surface area contributed by atoms with Crippen LogP contribution in [0.5, 0.6) is 0 Å². The number of nitrogens with one attached hydrogen (secondary N) is 1. The highest BCUT2D eigenvalue weighted by Crippen LogP contribution is 2.26. The van der Waals surface area contributed by atoms with Crippen molar-refractivity contribution in [3.05, 3.63) is 40.8 Å². The van der Waals surface area contributed by atoms with E-state index in [2.05, 4.69) is 61.0 Å². The molecule has 0 bridgehead atoms. The summed E-state index contributed by atoms with van der Waals surface area (Å²) in [6.07, 6.45) is 4.20. The van der Waals surface area contributed by atoms with E-state index in [4.69, 9.17) is 9.40 Å². The zero-order valence-electron chi connectivity index (χ0n) is 22.4. The first-order chi connectivity index (χ1) is 16.8. The zero-order chi connectivity index (χ0) is 24.9. The average Bonchev–Trinajstić information content (AvgIpc) is 3.16. The number of oxazole rings is 1. The third kappa shape index (κ3) is 7.17. The largest absolute Gasteiger partial charge is 0.441 e. The maximum Gasteiger partial charge on any atom is 0.226 e. The molecule has 1 aromatic heterocycles. The lowest BCUT2D eigenvalue weighted by atomic mass is 9.92. The SMILES string of the molecule is Cc1cc(C)cc(-c2nc(CN3CCC(C(=O)NCCCN4C[C@H](C)C[C@@H](C)C4)CC3)c(C)o2)c1. The molecule has 2 fully saturated rings. The second-order valence-corrected chi connectivity index (χ2v) is 11.3. The lowest BCUT2D eigenvalue weighted by Crippen LogP contribution is -2.42. The van der Waals surface area contributed by atoms with Crippen molar-refractivity contribution < 1.29 is 9.21 Å². The van der Waals surface area contributed by atoms with E-state index >= 15 is 0 Å². The van der Waals surface area contributed by atoms with Crippen molar-refractivity contribution in [1.82, 2.24) is 20.1 Å². The van der Waals surface area contributed by atoms with Crippen LogP contribution in [0, 0.1) is 38.5 Å². The zero-order valence-corrected chi connectivity index (χ0v) is 22.4. The van der Waals surface area contributed by atoms with Crippen molar-refractivity contribution in [1.29, 1.82) is 0 Å². The predicted molar refractivity (Wildman–Crippen MR) is 141 cm³/mol. The standard InChI is InChI=1S/C29H44N4O2/c1-20-13-21(2)16-26(15-20)29-31-27(24(5)35-29)19-32-11-7-25(8-12-32)28(34)30-9-6-10-33-17-22(3)14-23(4)18-33/h13,15-16,22-23,25H,6-12,14,17-19H2,1-5H3,(H,30,34)/t22-,23-/m1/s1. The maximum absolute atomic E-state index is 12.7. The first kappa shape index (κ1) is 25.9. The van der Waals surface area contributed by atoms with E-state index in [-0.39, 0.29) is 11.8 Å². The molecule has 35 heavy (non-hydrogen) atoms. The number of nitrogens with zero attached hydrogens (tertiary/aromatic N) is 3. The summed E-state index contributed by atoms with van der Waals surface area (Å²) in [4.78, 5) is 22.5. The third-order valence-corrected chi connectivity index (χ3v) is 7.59. The number of rotatable bonds is 8. The second kappa shape index (κ2) is 11.7. The molecule has 2 aliphatic heterocycles. The highest BCUT2D eigenvalue weighted by atomic mass is 16.4. The summed E-state index contributed by atoms with van der Waals surface area (Å²) in [5.74, 6) is 3.53. The third-order valence-electron chi connectivity index (χ3n) is 7.59. The van der Waals surface area contributed by atoms with Crippen LogP contribution in [-0.4, -0.2) is 60.0 Å². The molecule has 0 spiro atoms. The number of carbonyl (C=O) groups is 1. The number of hydrogen-bond acceptors (Lipinski definition) is 5. The molecule has 0 radical (unpaired) electrons. The van der Waals surface area contributed by atoms with E-state index in [1.54, 1.807) is 0 Å². The Morgan fingerprint density at radius 1 is 1.03 bits per heavy atom. The molecule has 2 aliphatic rings. The van der Waals surface area contributed by atoms with E-state index in [9.17, 15) is 4.79 Å². The van der Waals surface area contributed by atoms with Crippen molar-refractivity contribution in [2.45, 2.75) is 66.8 Å². The number of carbonyl (C=O) groups excluding carboxylic acids is 1. The van der Waals surface area contributed by atoms with Crippen molar-refractivity contribution in [2.75, 3.05) is 39.3 Å². The molecule has 6 heteroatoms. The van der Waals surface area contributed by atoms with E-state index in [1.165, 1.54) is 30.6 Å². The number of piperidine rings is 2. The first-order valence-corrected chi connectivity index (χ1v) is 13.5. The summed E-state index contributed by atoms with van der Waals surface area (Å²) in [6.45, 7) is 17.8. The van der Waals surface area contributed by atoms with Gasteiger partial charge in [-0.05, 0) is 90.1 Å². The monoisotopic (exact) mass is 480 g/mol. The van der Waals surface area contributed by atoms with Gasteiger partial charge in [0, 0.05) is 37.7 Å². The van der Waals surface area contributed by atoms with Gasteiger partial charge < -0.3 is 14.6 Å². The Balaban J connectivity index is 1.19. The molecule has 1 amide bonds. The summed E-state index contributed by atoms with van der Waals surface area (Å²) < 4.78 is 6.02. The molecule has 2 atom stereocenters. The van der Waals surface area contributed by atoms with Crippen molar-refractivity contribution in [3.63, 3.8) is 0 Å². The Labute approximate surface area is 211 Å². The minimum Gasteiger partial charge on any atom is -0.441 e. The number of benzene rings is 1. The average molecular weight is 481 g/mol. The second-order valence-electron chi connectivity index (χ2n) is 11.3. The molecule has 3 heterocycles. The molecular weight excluding hydrogens is 436 g/mol. The number of amides is 1. The number of likely N-dealkylation sites (tertiary alicyclic amines) is 2. The topological polar surface area (TPSA) is 61.6 Å². The lowest BCUT2D eigenvalue weighted by Gasteiger charge is -2.35. The summed E-state index contributed by atoms with van der Waals surface area (Å²) in [7, 11) is 0. The predicted octanol–water partition coefficient (Wildman–Crippen LogP) is 4.96. The molecule has 6 nitrogen and oxygen atoms in total. The van der Waals surface area contributed by atoms with Crippen LogP contribution in [0.3, 0.4) is 0 Å². The van der Waals surface area contributed by atoms with Crippen LogP contribution in [0.1, 0.15) is 62.1 Å². The highest BCUT2D eigenvalue weighted by Gasteiger charge is 2.26. The van der Waals surface area contributed by atoms with Crippen LogP contribution in [0.15, 0.2) is 22.6 Å². The van der Waals surface area contributed by atoms with Crippen LogP contribution < -0.4 is 5.32 Å². The van der Waals surface area contributed by atoms with Gasteiger partial charge in [0.05, 0.1) is 5.69 Å². The number of hydrogen-bond donors (Lipinski definition) is 1. The van der Waals surface area contributed by atoms with Crippen molar-refractivity contribution >= 4 is 5.91 Å². The Bertz CT molecular complexity index is 962. The van der Waals surface area contributed by atoms with Gasteiger partial charge in [0.15, 0.2) is 0 Å². The van der Waals surface area contributed by atoms with Crippen molar-refractivity contribution in [3.8, 4) is 11.5 Å². The van der Waals surface area contributed by atoms with Crippen molar-refractivity contribution in [2.24, 2.45) is 17.8 Å².